The number of carbonyl (C=O) groups excluding carboxylic acids is 2. The molecule has 0 bridgehead atoms. The van der Waals surface area contributed by atoms with Crippen LogP contribution in [-0.4, -0.2) is 28.3 Å². The standard InChI is InChI=1S/C29H40O5/c1-2-3-4-11-18-25(30)19-12-9-7-5-6-8-10-13-20-28(32)34-29(33)26-21-23-16-14-15-17-24(23)22-27(26)31/h9,12,14-17,21-22,25,30-31H,2-8,10-11,13,18-20H2,1H3/b12-9-/t25-/m1/s1. The number of aliphatic hydroxyl groups is 1. The lowest BCUT2D eigenvalue weighted by Gasteiger charge is -2.07. The Bertz CT molecular complexity index is 918. The van der Waals surface area contributed by atoms with Crippen LogP contribution in [0, 0.1) is 0 Å². The fourth-order valence-corrected chi connectivity index (χ4v) is 3.96. The van der Waals surface area contributed by atoms with Crippen LogP contribution in [0.25, 0.3) is 10.8 Å². The molecule has 0 aliphatic carbocycles. The summed E-state index contributed by atoms with van der Waals surface area (Å²) >= 11 is 0. The minimum absolute atomic E-state index is 0.00381. The number of esters is 2. The maximum Gasteiger partial charge on any atom is 0.349 e. The van der Waals surface area contributed by atoms with E-state index >= 15 is 0 Å². The summed E-state index contributed by atoms with van der Waals surface area (Å²) in [6, 6.07) is 10.4. The van der Waals surface area contributed by atoms with Gasteiger partial charge in [0.25, 0.3) is 0 Å². The van der Waals surface area contributed by atoms with Gasteiger partial charge in [-0.1, -0.05) is 88.3 Å². The molecule has 0 fully saturated rings. The van der Waals surface area contributed by atoms with Gasteiger partial charge < -0.3 is 14.9 Å². The molecule has 0 spiro atoms. The van der Waals surface area contributed by atoms with Crippen molar-refractivity contribution in [3.8, 4) is 5.75 Å². The monoisotopic (exact) mass is 468 g/mol. The van der Waals surface area contributed by atoms with E-state index in [2.05, 4.69) is 19.1 Å². The summed E-state index contributed by atoms with van der Waals surface area (Å²) < 4.78 is 4.93. The molecule has 0 amide bonds. The number of ether oxygens (including phenoxy) is 1. The molecule has 2 rings (SSSR count). The Hall–Kier alpha value is -2.66. The molecule has 186 valence electrons. The number of hydrogen-bond acceptors (Lipinski definition) is 5. The number of aliphatic hydroxyl groups excluding tert-OH is 1. The molecule has 0 aromatic heterocycles. The van der Waals surface area contributed by atoms with Crippen molar-refractivity contribution in [2.75, 3.05) is 0 Å². The van der Waals surface area contributed by atoms with E-state index in [4.69, 9.17) is 4.74 Å². The van der Waals surface area contributed by atoms with Gasteiger partial charge in [-0.15, -0.1) is 0 Å². The second-order valence-electron chi connectivity index (χ2n) is 8.99. The lowest BCUT2D eigenvalue weighted by atomic mass is 10.1. The van der Waals surface area contributed by atoms with Gasteiger partial charge in [-0.05, 0) is 55.0 Å². The molecule has 2 aromatic carbocycles. The molecular weight excluding hydrogens is 428 g/mol. The van der Waals surface area contributed by atoms with Gasteiger partial charge in [0.2, 0.25) is 0 Å². The average molecular weight is 469 g/mol. The Morgan fingerprint density at radius 3 is 2.35 bits per heavy atom. The molecule has 2 aromatic rings. The molecule has 34 heavy (non-hydrogen) atoms. The van der Waals surface area contributed by atoms with Gasteiger partial charge >= 0.3 is 11.9 Å². The zero-order chi connectivity index (χ0) is 24.6. The van der Waals surface area contributed by atoms with Crippen molar-refractivity contribution >= 4 is 22.7 Å². The van der Waals surface area contributed by atoms with Gasteiger partial charge in [-0.3, -0.25) is 4.79 Å². The summed E-state index contributed by atoms with van der Waals surface area (Å²) in [6.45, 7) is 2.19. The van der Waals surface area contributed by atoms with E-state index in [0.29, 0.717) is 6.42 Å². The summed E-state index contributed by atoms with van der Waals surface area (Å²) in [5.74, 6) is -1.56. The second-order valence-corrected chi connectivity index (χ2v) is 8.99. The van der Waals surface area contributed by atoms with Crippen molar-refractivity contribution in [3.05, 3.63) is 54.1 Å². The SMILES string of the molecule is CCCCCC[C@@H](O)C/C=C\CCCCCCCC(=O)OC(=O)c1cc2ccccc2cc1O. The highest BCUT2D eigenvalue weighted by atomic mass is 16.6. The molecule has 0 aliphatic rings. The molecule has 0 saturated heterocycles. The lowest BCUT2D eigenvalue weighted by molar-refractivity contribution is -0.138. The van der Waals surface area contributed by atoms with Crippen LogP contribution in [0.3, 0.4) is 0 Å². The van der Waals surface area contributed by atoms with Crippen molar-refractivity contribution in [2.45, 2.75) is 96.5 Å². The quantitative estimate of drug-likeness (QED) is 0.117. The third-order valence-corrected chi connectivity index (χ3v) is 6.01. The second kappa shape index (κ2) is 16.0. The van der Waals surface area contributed by atoms with E-state index in [0.717, 1.165) is 62.1 Å². The molecule has 1 atom stereocenters. The summed E-state index contributed by atoms with van der Waals surface area (Å²) in [7, 11) is 0. The molecular formula is C29H40O5. The van der Waals surface area contributed by atoms with Gasteiger partial charge in [0, 0.05) is 6.42 Å². The van der Waals surface area contributed by atoms with Crippen LogP contribution < -0.4 is 0 Å². The van der Waals surface area contributed by atoms with Crippen molar-refractivity contribution < 1.29 is 24.5 Å². The number of phenols is 1. The molecule has 2 N–H and O–H groups in total. The third-order valence-electron chi connectivity index (χ3n) is 6.01. The minimum Gasteiger partial charge on any atom is -0.507 e. The fourth-order valence-electron chi connectivity index (χ4n) is 3.96. The average Bonchev–Trinajstić information content (AvgIpc) is 2.82. The number of fused-ring (bicyclic) bond motifs is 1. The Balaban J connectivity index is 1.53. The highest BCUT2D eigenvalue weighted by molar-refractivity contribution is 6.02. The van der Waals surface area contributed by atoms with Crippen molar-refractivity contribution in [2.24, 2.45) is 0 Å². The number of carbonyl (C=O) groups is 2. The number of allylic oxidation sites excluding steroid dienone is 1. The van der Waals surface area contributed by atoms with Crippen molar-refractivity contribution in [1.82, 2.24) is 0 Å². The number of benzene rings is 2. The predicted octanol–water partition coefficient (Wildman–Crippen LogP) is 7.24. The maximum absolute atomic E-state index is 12.3. The van der Waals surface area contributed by atoms with E-state index in [1.807, 2.05) is 24.3 Å². The Labute approximate surface area is 203 Å². The first-order valence-electron chi connectivity index (χ1n) is 12.8. The number of aromatic hydroxyl groups is 1. The molecule has 0 heterocycles. The largest absolute Gasteiger partial charge is 0.507 e. The molecule has 5 nitrogen and oxygen atoms in total. The van der Waals surface area contributed by atoms with Gasteiger partial charge in [-0.25, -0.2) is 4.79 Å². The van der Waals surface area contributed by atoms with Crippen LogP contribution >= 0.6 is 0 Å². The summed E-state index contributed by atoms with van der Waals surface area (Å²) in [4.78, 5) is 24.3. The van der Waals surface area contributed by atoms with E-state index in [1.165, 1.54) is 25.3 Å². The topological polar surface area (TPSA) is 83.8 Å². The minimum atomic E-state index is -0.814. The maximum atomic E-state index is 12.3. The highest BCUT2D eigenvalue weighted by Crippen LogP contribution is 2.25. The lowest BCUT2D eigenvalue weighted by Crippen LogP contribution is -2.12. The molecule has 0 aliphatic heterocycles. The summed E-state index contributed by atoms with van der Waals surface area (Å²) in [6.07, 6.45) is 16.4. The van der Waals surface area contributed by atoms with Crippen LogP contribution in [0.1, 0.15) is 101 Å². The van der Waals surface area contributed by atoms with Gasteiger partial charge in [0.05, 0.1) is 6.10 Å². The van der Waals surface area contributed by atoms with Gasteiger partial charge in [-0.2, -0.15) is 0 Å². The third kappa shape index (κ3) is 10.5. The molecule has 5 heteroatoms. The first-order chi connectivity index (χ1) is 16.5. The Morgan fingerprint density at radius 1 is 0.912 bits per heavy atom. The number of hydrogen-bond donors (Lipinski definition) is 2. The summed E-state index contributed by atoms with van der Waals surface area (Å²) in [5, 5.41) is 21.7. The van der Waals surface area contributed by atoms with E-state index < -0.39 is 11.9 Å². The first kappa shape index (κ1) is 27.6. The zero-order valence-corrected chi connectivity index (χ0v) is 20.5. The van der Waals surface area contributed by atoms with Gasteiger partial charge in [0.15, 0.2) is 0 Å². The number of unbranched alkanes of at least 4 members (excludes halogenated alkanes) is 8. The van der Waals surface area contributed by atoms with Crippen LogP contribution in [-0.2, 0) is 9.53 Å². The highest BCUT2D eigenvalue weighted by Gasteiger charge is 2.17. The van der Waals surface area contributed by atoms with E-state index in [1.54, 1.807) is 6.07 Å². The van der Waals surface area contributed by atoms with Crippen LogP contribution in [0.2, 0.25) is 0 Å². The Kier molecular flexibility index (Phi) is 13.0. The Morgan fingerprint density at radius 2 is 1.59 bits per heavy atom. The van der Waals surface area contributed by atoms with E-state index in [9.17, 15) is 19.8 Å². The van der Waals surface area contributed by atoms with E-state index in [-0.39, 0.29) is 23.8 Å². The number of rotatable bonds is 16. The smallest absolute Gasteiger partial charge is 0.349 e. The van der Waals surface area contributed by atoms with Crippen molar-refractivity contribution in [1.29, 1.82) is 0 Å². The normalized spacial score (nSPS) is 12.3. The van der Waals surface area contributed by atoms with Crippen molar-refractivity contribution in [3.63, 3.8) is 0 Å². The molecule has 0 unspecified atom stereocenters. The zero-order valence-electron chi connectivity index (χ0n) is 20.5. The van der Waals surface area contributed by atoms with Gasteiger partial charge in [0.1, 0.15) is 11.3 Å². The number of phenolic OH excluding ortho intramolecular Hbond substituents is 1. The fraction of sp³-hybridized carbons (Fsp3) is 0.517. The molecule has 0 radical (unpaired) electrons. The first-order valence-corrected chi connectivity index (χ1v) is 12.8. The van der Waals surface area contributed by atoms with Crippen LogP contribution in [0.5, 0.6) is 5.75 Å². The van der Waals surface area contributed by atoms with Crippen LogP contribution in [0.15, 0.2) is 48.6 Å². The predicted molar refractivity (Wildman–Crippen MR) is 137 cm³/mol. The molecule has 0 saturated carbocycles. The van der Waals surface area contributed by atoms with Crippen LogP contribution in [0.4, 0.5) is 0 Å². The summed E-state index contributed by atoms with van der Waals surface area (Å²) in [5.41, 5.74) is 0.00381.